The van der Waals surface area contributed by atoms with Gasteiger partial charge in [-0.15, -0.1) is 11.3 Å². The minimum atomic E-state index is -4.40. The smallest absolute Gasteiger partial charge is 0.422 e. The van der Waals surface area contributed by atoms with Crippen LogP contribution in [-0.2, 0) is 13.0 Å². The molecule has 160 valence electrons. The molecule has 0 saturated heterocycles. The fraction of sp³-hybridized carbons (Fsp3) is 0.474. The molecule has 0 atom stereocenters. The number of methoxy groups -OCH3 is 1. The lowest BCUT2D eigenvalue weighted by molar-refractivity contribution is -0.153. The summed E-state index contributed by atoms with van der Waals surface area (Å²) >= 11 is 1.69. The van der Waals surface area contributed by atoms with E-state index in [4.69, 9.17) is 9.47 Å². The SMILES string of the molecule is CN=C(NCCc1nc(C)c(C)s1)NCc1ccc(OCC(F)(F)F)c(OC)c1. The van der Waals surface area contributed by atoms with Gasteiger partial charge in [0.1, 0.15) is 0 Å². The maximum Gasteiger partial charge on any atom is 0.422 e. The average molecular weight is 430 g/mol. The average Bonchev–Trinajstić information content (AvgIpc) is 2.99. The highest BCUT2D eigenvalue weighted by atomic mass is 32.1. The molecule has 0 amide bonds. The monoisotopic (exact) mass is 430 g/mol. The highest BCUT2D eigenvalue weighted by Crippen LogP contribution is 2.29. The molecule has 0 bridgehead atoms. The van der Waals surface area contributed by atoms with Crippen molar-refractivity contribution in [2.75, 3.05) is 27.3 Å². The van der Waals surface area contributed by atoms with Crippen LogP contribution < -0.4 is 20.1 Å². The Morgan fingerprint density at radius 3 is 2.55 bits per heavy atom. The van der Waals surface area contributed by atoms with E-state index in [1.165, 1.54) is 18.1 Å². The van der Waals surface area contributed by atoms with E-state index >= 15 is 0 Å². The first-order valence-corrected chi connectivity index (χ1v) is 9.77. The number of benzene rings is 1. The predicted octanol–water partition coefficient (Wildman–Crippen LogP) is 3.62. The molecule has 0 unspecified atom stereocenters. The molecule has 2 rings (SSSR count). The maximum atomic E-state index is 12.3. The van der Waals surface area contributed by atoms with Crippen LogP contribution in [0.2, 0.25) is 0 Å². The van der Waals surface area contributed by atoms with E-state index in [0.29, 0.717) is 19.0 Å². The summed E-state index contributed by atoms with van der Waals surface area (Å²) in [6.45, 7) is 3.79. The third-order valence-electron chi connectivity index (χ3n) is 4.01. The first kappa shape index (κ1) is 22.8. The fourth-order valence-corrected chi connectivity index (χ4v) is 3.37. The van der Waals surface area contributed by atoms with Gasteiger partial charge < -0.3 is 20.1 Å². The number of hydrogen-bond acceptors (Lipinski definition) is 5. The zero-order valence-corrected chi connectivity index (χ0v) is 17.6. The molecule has 1 heterocycles. The van der Waals surface area contributed by atoms with Gasteiger partial charge in [0, 0.05) is 31.4 Å². The number of ether oxygens (including phenoxy) is 2. The Bertz CT molecular complexity index is 818. The third-order valence-corrected chi connectivity index (χ3v) is 5.14. The van der Waals surface area contributed by atoms with Gasteiger partial charge in [0.2, 0.25) is 0 Å². The van der Waals surface area contributed by atoms with Gasteiger partial charge in [0.15, 0.2) is 24.1 Å². The molecule has 1 aromatic heterocycles. The number of aliphatic imine (C=N–C) groups is 1. The Hall–Kier alpha value is -2.49. The molecule has 1 aromatic carbocycles. The van der Waals surface area contributed by atoms with E-state index in [9.17, 15) is 13.2 Å². The van der Waals surface area contributed by atoms with Gasteiger partial charge in [-0.1, -0.05) is 6.07 Å². The molecule has 0 aliphatic heterocycles. The molecule has 0 fully saturated rings. The predicted molar refractivity (Wildman–Crippen MR) is 108 cm³/mol. The number of nitrogens with zero attached hydrogens (tertiary/aromatic N) is 2. The zero-order valence-electron chi connectivity index (χ0n) is 16.8. The maximum absolute atomic E-state index is 12.3. The summed E-state index contributed by atoms with van der Waals surface area (Å²) in [4.78, 5) is 9.90. The molecule has 2 aromatic rings. The van der Waals surface area contributed by atoms with Gasteiger partial charge in [0.05, 0.1) is 17.8 Å². The Labute approximate surface area is 172 Å². The minimum absolute atomic E-state index is 0.0464. The van der Waals surface area contributed by atoms with Crippen molar-refractivity contribution < 1.29 is 22.6 Å². The van der Waals surface area contributed by atoms with E-state index in [1.807, 2.05) is 6.92 Å². The fourth-order valence-electron chi connectivity index (χ4n) is 2.44. The summed E-state index contributed by atoms with van der Waals surface area (Å²) in [5.41, 5.74) is 1.87. The van der Waals surface area contributed by atoms with Crippen LogP contribution in [0.5, 0.6) is 11.5 Å². The van der Waals surface area contributed by atoms with E-state index in [-0.39, 0.29) is 11.5 Å². The number of halogens is 3. The molecule has 0 saturated carbocycles. The number of guanidine groups is 1. The summed E-state index contributed by atoms with van der Waals surface area (Å²) in [6, 6.07) is 4.77. The van der Waals surface area contributed by atoms with Crippen LogP contribution >= 0.6 is 11.3 Å². The van der Waals surface area contributed by atoms with Crippen molar-refractivity contribution in [2.45, 2.75) is 33.0 Å². The Morgan fingerprint density at radius 2 is 1.97 bits per heavy atom. The topological polar surface area (TPSA) is 67.8 Å². The molecule has 0 aliphatic carbocycles. The highest BCUT2D eigenvalue weighted by molar-refractivity contribution is 7.11. The summed E-state index contributed by atoms with van der Waals surface area (Å²) in [5.74, 6) is 0.905. The summed E-state index contributed by atoms with van der Waals surface area (Å²) in [6.07, 6.45) is -3.61. The number of hydrogen-bond donors (Lipinski definition) is 2. The van der Waals surface area contributed by atoms with E-state index < -0.39 is 12.8 Å². The number of alkyl halides is 3. The summed E-state index contributed by atoms with van der Waals surface area (Å²) < 4.78 is 46.9. The molecule has 2 N–H and O–H groups in total. The molecule has 6 nitrogen and oxygen atoms in total. The lowest BCUT2D eigenvalue weighted by Crippen LogP contribution is -2.37. The number of aromatic nitrogens is 1. The van der Waals surface area contributed by atoms with Crippen molar-refractivity contribution >= 4 is 17.3 Å². The summed E-state index contributed by atoms with van der Waals surface area (Å²) in [5, 5.41) is 7.45. The summed E-state index contributed by atoms with van der Waals surface area (Å²) in [7, 11) is 3.05. The van der Waals surface area contributed by atoms with Crippen LogP contribution in [-0.4, -0.2) is 44.4 Å². The van der Waals surface area contributed by atoms with Crippen LogP contribution in [0.3, 0.4) is 0 Å². The first-order chi connectivity index (χ1) is 13.7. The van der Waals surface area contributed by atoms with Crippen LogP contribution in [0.25, 0.3) is 0 Å². The van der Waals surface area contributed by atoms with Gasteiger partial charge in [-0.05, 0) is 31.5 Å². The van der Waals surface area contributed by atoms with E-state index in [1.54, 1.807) is 30.5 Å². The molecule has 0 aliphatic rings. The molecular formula is C19H25F3N4O2S. The molecular weight excluding hydrogens is 405 g/mol. The van der Waals surface area contributed by atoms with Crippen LogP contribution in [0, 0.1) is 13.8 Å². The van der Waals surface area contributed by atoms with Gasteiger partial charge >= 0.3 is 6.18 Å². The van der Waals surface area contributed by atoms with Crippen LogP contribution in [0.15, 0.2) is 23.2 Å². The van der Waals surface area contributed by atoms with Crippen molar-refractivity contribution in [3.8, 4) is 11.5 Å². The number of nitrogens with one attached hydrogen (secondary N) is 2. The van der Waals surface area contributed by atoms with E-state index in [2.05, 4.69) is 27.5 Å². The normalized spacial score (nSPS) is 12.0. The molecule has 29 heavy (non-hydrogen) atoms. The second-order valence-electron chi connectivity index (χ2n) is 6.24. The minimum Gasteiger partial charge on any atom is -0.493 e. The highest BCUT2D eigenvalue weighted by Gasteiger charge is 2.29. The van der Waals surface area contributed by atoms with Crippen LogP contribution in [0.4, 0.5) is 13.2 Å². The molecule has 10 heteroatoms. The van der Waals surface area contributed by atoms with Crippen molar-refractivity contribution in [3.05, 3.63) is 39.3 Å². The van der Waals surface area contributed by atoms with Crippen molar-refractivity contribution in [1.82, 2.24) is 15.6 Å². The van der Waals surface area contributed by atoms with Crippen molar-refractivity contribution in [3.63, 3.8) is 0 Å². The Kier molecular flexibility index (Phi) is 8.12. The van der Waals surface area contributed by atoms with Crippen LogP contribution in [0.1, 0.15) is 21.1 Å². The quantitative estimate of drug-likeness (QED) is 0.495. The zero-order chi connectivity index (χ0) is 21.4. The van der Waals surface area contributed by atoms with Crippen molar-refractivity contribution in [1.29, 1.82) is 0 Å². The number of rotatable bonds is 8. The largest absolute Gasteiger partial charge is 0.493 e. The number of thiazole rings is 1. The van der Waals surface area contributed by atoms with Crippen molar-refractivity contribution in [2.24, 2.45) is 4.99 Å². The van der Waals surface area contributed by atoms with E-state index in [0.717, 1.165) is 22.7 Å². The van der Waals surface area contributed by atoms with Gasteiger partial charge in [-0.3, -0.25) is 4.99 Å². The molecule has 0 radical (unpaired) electrons. The van der Waals surface area contributed by atoms with Gasteiger partial charge in [-0.2, -0.15) is 13.2 Å². The second-order valence-corrected chi connectivity index (χ2v) is 7.53. The number of aryl methyl sites for hydroxylation is 2. The standard InChI is InChI=1S/C19H25F3N4O2S/c1-12-13(2)29-17(26-12)7-8-24-18(23-3)25-10-14-5-6-15(16(9-14)27-4)28-11-19(20,21)22/h5-6,9H,7-8,10-11H2,1-4H3,(H2,23,24,25). The molecule has 0 spiro atoms. The van der Waals surface area contributed by atoms with Gasteiger partial charge in [-0.25, -0.2) is 4.98 Å². The lowest BCUT2D eigenvalue weighted by atomic mass is 10.2. The Balaban J connectivity index is 1.86. The Morgan fingerprint density at radius 1 is 1.21 bits per heavy atom. The lowest BCUT2D eigenvalue weighted by Gasteiger charge is -2.15. The third kappa shape index (κ3) is 7.45. The second kappa shape index (κ2) is 10.3. The van der Waals surface area contributed by atoms with Gasteiger partial charge in [0.25, 0.3) is 0 Å². The first-order valence-electron chi connectivity index (χ1n) is 8.95.